The Kier molecular flexibility index (Phi) is 3.41. The van der Waals surface area contributed by atoms with Crippen LogP contribution in [0.25, 0.3) is 10.6 Å². The lowest BCUT2D eigenvalue weighted by Gasteiger charge is -2.06. The van der Waals surface area contributed by atoms with Crippen LogP contribution in [-0.2, 0) is 6.18 Å². The predicted octanol–water partition coefficient (Wildman–Crippen LogP) is 3.88. The van der Waals surface area contributed by atoms with Gasteiger partial charge in [0.15, 0.2) is 0 Å². The maximum atomic E-state index is 12.4. The number of rotatable bonds is 2. The first-order valence-corrected chi connectivity index (χ1v) is 6.07. The molecule has 0 aliphatic heterocycles. The molecule has 0 radical (unpaired) electrons. The maximum absolute atomic E-state index is 12.4. The van der Waals surface area contributed by atoms with E-state index in [0.29, 0.717) is 16.3 Å². The molecular formula is C12H10F3NOS. The largest absolute Gasteiger partial charge is 0.416 e. The minimum absolute atomic E-state index is 0.523. The van der Waals surface area contributed by atoms with Crippen LogP contribution < -0.4 is 0 Å². The summed E-state index contributed by atoms with van der Waals surface area (Å²) < 4.78 is 37.2. The average Bonchev–Trinajstić information content (AvgIpc) is 2.77. The van der Waals surface area contributed by atoms with Crippen LogP contribution in [0.1, 0.15) is 24.3 Å². The van der Waals surface area contributed by atoms with Gasteiger partial charge in [-0.3, -0.25) is 0 Å². The first kappa shape index (κ1) is 13.0. The van der Waals surface area contributed by atoms with Gasteiger partial charge in [0.05, 0.1) is 17.4 Å². The van der Waals surface area contributed by atoms with Gasteiger partial charge in [-0.25, -0.2) is 4.98 Å². The van der Waals surface area contributed by atoms with E-state index < -0.39 is 17.8 Å². The first-order chi connectivity index (χ1) is 8.38. The SMILES string of the molecule is CC(O)c1csc(-c2ccc(C(F)(F)F)cc2)n1. The monoisotopic (exact) mass is 273 g/mol. The number of benzene rings is 1. The second kappa shape index (κ2) is 4.70. The number of thiazole rings is 1. The molecule has 1 atom stereocenters. The number of aliphatic hydroxyl groups excluding tert-OH is 1. The number of aromatic nitrogens is 1. The van der Waals surface area contributed by atoms with Crippen LogP contribution >= 0.6 is 11.3 Å². The summed E-state index contributed by atoms with van der Waals surface area (Å²) in [4.78, 5) is 4.16. The second-order valence-corrected chi connectivity index (χ2v) is 4.69. The Morgan fingerprint density at radius 2 is 1.83 bits per heavy atom. The molecule has 0 aliphatic carbocycles. The minimum atomic E-state index is -4.33. The fourth-order valence-corrected chi connectivity index (χ4v) is 2.32. The number of alkyl halides is 3. The van der Waals surface area contributed by atoms with Crippen LogP contribution in [-0.4, -0.2) is 10.1 Å². The summed E-state index contributed by atoms with van der Waals surface area (Å²) in [5.41, 5.74) is 0.452. The van der Waals surface area contributed by atoms with Gasteiger partial charge in [-0.15, -0.1) is 11.3 Å². The molecule has 0 saturated heterocycles. The van der Waals surface area contributed by atoms with Gasteiger partial charge in [-0.2, -0.15) is 13.2 Å². The van der Waals surface area contributed by atoms with Gasteiger partial charge in [-0.05, 0) is 19.1 Å². The Labute approximate surface area is 106 Å². The van der Waals surface area contributed by atoms with Crippen LogP contribution in [0.3, 0.4) is 0 Å². The molecule has 2 rings (SSSR count). The molecule has 96 valence electrons. The highest BCUT2D eigenvalue weighted by atomic mass is 32.1. The lowest BCUT2D eigenvalue weighted by atomic mass is 10.1. The smallest absolute Gasteiger partial charge is 0.387 e. The summed E-state index contributed by atoms with van der Waals surface area (Å²) in [6.07, 6.45) is -5.00. The molecule has 0 saturated carbocycles. The number of hydrogen-bond donors (Lipinski definition) is 1. The number of aliphatic hydroxyl groups is 1. The lowest BCUT2D eigenvalue weighted by molar-refractivity contribution is -0.137. The molecule has 1 heterocycles. The molecule has 1 unspecified atom stereocenters. The fraction of sp³-hybridized carbons (Fsp3) is 0.250. The Balaban J connectivity index is 2.29. The zero-order valence-electron chi connectivity index (χ0n) is 9.40. The van der Waals surface area contributed by atoms with Crippen molar-refractivity contribution in [2.45, 2.75) is 19.2 Å². The molecule has 1 N–H and O–H groups in total. The molecular weight excluding hydrogens is 263 g/mol. The number of halogens is 3. The minimum Gasteiger partial charge on any atom is -0.387 e. The van der Waals surface area contributed by atoms with Crippen LogP contribution in [0.15, 0.2) is 29.6 Å². The molecule has 0 aliphatic rings. The molecule has 0 fully saturated rings. The van der Waals surface area contributed by atoms with E-state index in [9.17, 15) is 18.3 Å². The van der Waals surface area contributed by atoms with Gasteiger partial charge in [-0.1, -0.05) is 12.1 Å². The maximum Gasteiger partial charge on any atom is 0.416 e. The molecule has 2 nitrogen and oxygen atoms in total. The van der Waals surface area contributed by atoms with Gasteiger partial charge in [0.1, 0.15) is 5.01 Å². The van der Waals surface area contributed by atoms with Crippen molar-refractivity contribution in [3.05, 3.63) is 40.9 Å². The lowest BCUT2D eigenvalue weighted by Crippen LogP contribution is -2.03. The average molecular weight is 273 g/mol. The summed E-state index contributed by atoms with van der Waals surface area (Å²) in [7, 11) is 0. The van der Waals surface area contributed by atoms with E-state index in [1.807, 2.05) is 0 Å². The molecule has 0 spiro atoms. The van der Waals surface area contributed by atoms with Gasteiger partial charge >= 0.3 is 6.18 Å². The molecule has 0 amide bonds. The van der Waals surface area contributed by atoms with Crippen molar-refractivity contribution >= 4 is 11.3 Å². The fourth-order valence-electron chi connectivity index (χ4n) is 1.41. The summed E-state index contributed by atoms with van der Waals surface area (Å²) >= 11 is 1.29. The van der Waals surface area contributed by atoms with Crippen LogP contribution in [0.4, 0.5) is 13.2 Å². The summed E-state index contributed by atoms with van der Waals surface area (Å²) in [6, 6.07) is 4.82. The van der Waals surface area contributed by atoms with Crippen molar-refractivity contribution in [2.24, 2.45) is 0 Å². The Hall–Kier alpha value is -1.40. The van der Waals surface area contributed by atoms with E-state index in [1.54, 1.807) is 12.3 Å². The third kappa shape index (κ3) is 2.70. The van der Waals surface area contributed by atoms with Gasteiger partial charge in [0.2, 0.25) is 0 Å². The standard InChI is InChI=1S/C12H10F3NOS/c1-7(17)10-6-18-11(16-10)8-2-4-9(5-3-8)12(13,14)15/h2-7,17H,1H3. The molecule has 1 aromatic heterocycles. The zero-order valence-corrected chi connectivity index (χ0v) is 10.2. The van der Waals surface area contributed by atoms with Crippen molar-refractivity contribution in [3.63, 3.8) is 0 Å². The quantitative estimate of drug-likeness (QED) is 0.900. The third-order valence-electron chi connectivity index (χ3n) is 2.41. The van der Waals surface area contributed by atoms with Crippen molar-refractivity contribution in [1.29, 1.82) is 0 Å². The van der Waals surface area contributed by atoms with Gasteiger partial charge in [0, 0.05) is 10.9 Å². The Morgan fingerprint density at radius 1 is 1.22 bits per heavy atom. The van der Waals surface area contributed by atoms with Crippen LogP contribution in [0.5, 0.6) is 0 Å². The van der Waals surface area contributed by atoms with E-state index in [-0.39, 0.29) is 0 Å². The van der Waals surface area contributed by atoms with Crippen molar-refractivity contribution < 1.29 is 18.3 Å². The summed E-state index contributed by atoms with van der Waals surface area (Å²) in [6.45, 7) is 1.59. The van der Waals surface area contributed by atoms with Crippen LogP contribution in [0.2, 0.25) is 0 Å². The highest BCUT2D eigenvalue weighted by molar-refractivity contribution is 7.13. The van der Waals surface area contributed by atoms with E-state index in [2.05, 4.69) is 4.98 Å². The van der Waals surface area contributed by atoms with E-state index in [0.717, 1.165) is 12.1 Å². The van der Waals surface area contributed by atoms with Gasteiger partial charge in [0.25, 0.3) is 0 Å². The third-order valence-corrected chi connectivity index (χ3v) is 3.32. The second-order valence-electron chi connectivity index (χ2n) is 3.83. The highest BCUT2D eigenvalue weighted by Crippen LogP contribution is 2.32. The molecule has 6 heteroatoms. The van der Waals surface area contributed by atoms with Gasteiger partial charge < -0.3 is 5.11 Å². The molecule has 0 bridgehead atoms. The zero-order chi connectivity index (χ0) is 13.3. The normalized spacial score (nSPS) is 13.6. The van der Waals surface area contributed by atoms with E-state index in [1.165, 1.54) is 23.5 Å². The van der Waals surface area contributed by atoms with Crippen LogP contribution in [0, 0.1) is 0 Å². The van der Waals surface area contributed by atoms with Crippen molar-refractivity contribution in [2.75, 3.05) is 0 Å². The summed E-state index contributed by atoms with van der Waals surface area (Å²) in [5.74, 6) is 0. The van der Waals surface area contributed by atoms with E-state index >= 15 is 0 Å². The molecule has 2 aromatic rings. The topological polar surface area (TPSA) is 33.1 Å². The van der Waals surface area contributed by atoms with Crippen molar-refractivity contribution in [3.8, 4) is 10.6 Å². The Morgan fingerprint density at radius 3 is 2.28 bits per heavy atom. The number of nitrogens with zero attached hydrogens (tertiary/aromatic N) is 1. The Bertz CT molecular complexity index is 531. The predicted molar refractivity (Wildman–Crippen MR) is 63.2 cm³/mol. The molecule has 1 aromatic carbocycles. The first-order valence-electron chi connectivity index (χ1n) is 5.19. The van der Waals surface area contributed by atoms with Crippen molar-refractivity contribution in [1.82, 2.24) is 4.98 Å². The summed E-state index contributed by atoms with van der Waals surface area (Å²) in [5, 5.41) is 11.6. The highest BCUT2D eigenvalue weighted by Gasteiger charge is 2.30. The molecule has 18 heavy (non-hydrogen) atoms. The number of hydrogen-bond acceptors (Lipinski definition) is 3. The van der Waals surface area contributed by atoms with E-state index in [4.69, 9.17) is 0 Å².